The van der Waals surface area contributed by atoms with Crippen molar-refractivity contribution in [3.8, 4) is 0 Å². The molecule has 0 aliphatic heterocycles. The van der Waals surface area contributed by atoms with Crippen molar-refractivity contribution in [2.24, 2.45) is 5.73 Å². The smallest absolute Gasteiger partial charge is 0.226 e. The summed E-state index contributed by atoms with van der Waals surface area (Å²) in [4.78, 5) is 13.6. The van der Waals surface area contributed by atoms with Crippen LogP contribution in [0.25, 0.3) is 0 Å². The van der Waals surface area contributed by atoms with E-state index in [-0.39, 0.29) is 11.4 Å². The summed E-state index contributed by atoms with van der Waals surface area (Å²) in [6.45, 7) is 5.90. The van der Waals surface area contributed by atoms with Gasteiger partial charge < -0.3 is 10.6 Å². The average Bonchev–Trinajstić information content (AvgIpc) is 2.25. The molecule has 0 aliphatic carbocycles. The Bertz CT molecular complexity index is 376. The maximum Gasteiger partial charge on any atom is 0.226 e. The summed E-state index contributed by atoms with van der Waals surface area (Å²) in [7, 11) is 1.80. The molecule has 3 nitrogen and oxygen atoms in total. The number of carbonyl (C=O) groups excluding carboxylic acids is 1. The van der Waals surface area contributed by atoms with E-state index in [4.69, 9.17) is 5.73 Å². The van der Waals surface area contributed by atoms with Gasteiger partial charge in [0.15, 0.2) is 0 Å². The van der Waals surface area contributed by atoms with Crippen LogP contribution in [0.4, 0.5) is 5.69 Å². The molecular formula is C14H22N2O. The number of nitrogens with zero attached hydrogens (tertiary/aromatic N) is 1. The Morgan fingerprint density at radius 3 is 2.29 bits per heavy atom. The third kappa shape index (κ3) is 4.57. The number of nitrogens with two attached hydrogens (primary N) is 1. The molecule has 0 aliphatic rings. The molecule has 0 radical (unpaired) electrons. The molecule has 94 valence electrons. The number of hydrogen-bond donors (Lipinski definition) is 1. The lowest BCUT2D eigenvalue weighted by Gasteiger charge is -2.21. The summed E-state index contributed by atoms with van der Waals surface area (Å²) >= 11 is 0. The maximum atomic E-state index is 11.9. The highest BCUT2D eigenvalue weighted by atomic mass is 16.2. The first-order valence-corrected chi connectivity index (χ1v) is 5.92. The van der Waals surface area contributed by atoms with Gasteiger partial charge in [-0.3, -0.25) is 4.79 Å². The first-order chi connectivity index (χ1) is 7.79. The van der Waals surface area contributed by atoms with Gasteiger partial charge in [-0.15, -0.1) is 0 Å². The van der Waals surface area contributed by atoms with E-state index in [2.05, 4.69) is 0 Å². The normalized spacial score (nSPS) is 11.4. The molecule has 0 bridgehead atoms. The Kier molecular flexibility index (Phi) is 4.29. The van der Waals surface area contributed by atoms with E-state index in [1.807, 2.05) is 45.0 Å². The molecule has 0 saturated heterocycles. The molecule has 1 aromatic rings. The van der Waals surface area contributed by atoms with Crippen LogP contribution in [0.15, 0.2) is 24.3 Å². The van der Waals surface area contributed by atoms with Gasteiger partial charge >= 0.3 is 0 Å². The van der Waals surface area contributed by atoms with Crippen LogP contribution in [0, 0.1) is 6.92 Å². The quantitative estimate of drug-likeness (QED) is 0.870. The fraction of sp³-hybridized carbons (Fsp3) is 0.500. The second-order valence-electron chi connectivity index (χ2n) is 5.28. The van der Waals surface area contributed by atoms with Crippen molar-refractivity contribution in [3.63, 3.8) is 0 Å². The second kappa shape index (κ2) is 5.32. The third-order valence-corrected chi connectivity index (χ3v) is 2.78. The average molecular weight is 234 g/mol. The predicted octanol–water partition coefficient (Wildman–Crippen LogP) is 2.48. The van der Waals surface area contributed by atoms with Gasteiger partial charge in [0.2, 0.25) is 5.91 Å². The van der Waals surface area contributed by atoms with Crippen LogP contribution in [-0.4, -0.2) is 18.5 Å². The summed E-state index contributed by atoms with van der Waals surface area (Å²) < 4.78 is 0. The Balaban J connectivity index is 2.61. The van der Waals surface area contributed by atoms with Crippen LogP contribution in [0.1, 0.15) is 32.3 Å². The van der Waals surface area contributed by atoms with E-state index < -0.39 is 0 Å². The van der Waals surface area contributed by atoms with Gasteiger partial charge in [-0.05, 0) is 39.3 Å². The number of benzene rings is 1. The molecule has 0 saturated carbocycles. The molecular weight excluding hydrogens is 212 g/mol. The SMILES string of the molecule is Cc1ccc(N(C)C(=O)CCC(C)(C)N)cc1. The van der Waals surface area contributed by atoms with Crippen molar-refractivity contribution in [2.45, 2.75) is 39.2 Å². The van der Waals surface area contributed by atoms with Crippen molar-refractivity contribution in [1.82, 2.24) is 0 Å². The van der Waals surface area contributed by atoms with Crippen LogP contribution in [0.3, 0.4) is 0 Å². The van der Waals surface area contributed by atoms with Gasteiger partial charge in [0, 0.05) is 24.7 Å². The Labute approximate surface area is 104 Å². The lowest BCUT2D eigenvalue weighted by atomic mass is 10.00. The fourth-order valence-corrected chi connectivity index (χ4v) is 1.51. The van der Waals surface area contributed by atoms with E-state index in [1.165, 1.54) is 5.56 Å². The van der Waals surface area contributed by atoms with Crippen LogP contribution < -0.4 is 10.6 Å². The third-order valence-electron chi connectivity index (χ3n) is 2.78. The number of hydrogen-bond acceptors (Lipinski definition) is 2. The summed E-state index contributed by atoms with van der Waals surface area (Å²) in [6.07, 6.45) is 1.18. The highest BCUT2D eigenvalue weighted by Gasteiger charge is 2.16. The van der Waals surface area contributed by atoms with Gasteiger partial charge in [-0.25, -0.2) is 0 Å². The number of amides is 1. The molecule has 3 heteroatoms. The van der Waals surface area contributed by atoms with Crippen LogP contribution >= 0.6 is 0 Å². The molecule has 0 aromatic heterocycles. The van der Waals surface area contributed by atoms with Gasteiger partial charge in [-0.1, -0.05) is 17.7 Å². The topological polar surface area (TPSA) is 46.3 Å². The Hall–Kier alpha value is -1.35. The predicted molar refractivity (Wildman–Crippen MR) is 72.1 cm³/mol. The zero-order valence-electron chi connectivity index (χ0n) is 11.2. The molecule has 0 atom stereocenters. The Morgan fingerprint density at radius 1 is 1.29 bits per heavy atom. The highest BCUT2D eigenvalue weighted by Crippen LogP contribution is 2.16. The van der Waals surface area contributed by atoms with E-state index in [1.54, 1.807) is 11.9 Å². The van der Waals surface area contributed by atoms with Crippen molar-refractivity contribution < 1.29 is 4.79 Å². The largest absolute Gasteiger partial charge is 0.326 e. The molecule has 1 rings (SSSR count). The molecule has 0 spiro atoms. The zero-order chi connectivity index (χ0) is 13.1. The molecule has 0 fully saturated rings. The molecule has 1 aromatic carbocycles. The van der Waals surface area contributed by atoms with E-state index in [9.17, 15) is 4.79 Å². The lowest BCUT2D eigenvalue weighted by Crippen LogP contribution is -2.35. The van der Waals surface area contributed by atoms with Crippen molar-refractivity contribution in [2.75, 3.05) is 11.9 Å². The molecule has 0 heterocycles. The van der Waals surface area contributed by atoms with Gasteiger partial charge in [0.1, 0.15) is 0 Å². The van der Waals surface area contributed by atoms with Crippen molar-refractivity contribution in [3.05, 3.63) is 29.8 Å². The number of anilines is 1. The first kappa shape index (κ1) is 13.7. The molecule has 2 N–H and O–H groups in total. The number of rotatable bonds is 4. The molecule has 1 amide bonds. The number of carbonyl (C=O) groups is 1. The minimum Gasteiger partial charge on any atom is -0.326 e. The van der Waals surface area contributed by atoms with Crippen LogP contribution in [-0.2, 0) is 4.79 Å². The zero-order valence-corrected chi connectivity index (χ0v) is 11.2. The molecule has 0 unspecified atom stereocenters. The van der Waals surface area contributed by atoms with Crippen molar-refractivity contribution >= 4 is 11.6 Å². The van der Waals surface area contributed by atoms with Gasteiger partial charge in [0.25, 0.3) is 0 Å². The van der Waals surface area contributed by atoms with Gasteiger partial charge in [-0.2, -0.15) is 0 Å². The van der Waals surface area contributed by atoms with Crippen molar-refractivity contribution in [1.29, 1.82) is 0 Å². The minimum atomic E-state index is -0.288. The van der Waals surface area contributed by atoms with E-state index in [0.29, 0.717) is 12.8 Å². The lowest BCUT2D eigenvalue weighted by molar-refractivity contribution is -0.118. The van der Waals surface area contributed by atoms with E-state index >= 15 is 0 Å². The number of aryl methyl sites for hydroxylation is 1. The maximum absolute atomic E-state index is 11.9. The monoisotopic (exact) mass is 234 g/mol. The summed E-state index contributed by atoms with van der Waals surface area (Å²) in [5, 5.41) is 0. The summed E-state index contributed by atoms with van der Waals surface area (Å²) in [6, 6.07) is 7.93. The minimum absolute atomic E-state index is 0.104. The van der Waals surface area contributed by atoms with E-state index in [0.717, 1.165) is 5.69 Å². The van der Waals surface area contributed by atoms with Crippen LogP contribution in [0.5, 0.6) is 0 Å². The molecule has 17 heavy (non-hydrogen) atoms. The second-order valence-corrected chi connectivity index (χ2v) is 5.28. The Morgan fingerprint density at radius 2 is 1.82 bits per heavy atom. The van der Waals surface area contributed by atoms with Gasteiger partial charge in [0.05, 0.1) is 0 Å². The standard InChI is InChI=1S/C14H22N2O/c1-11-5-7-12(8-6-11)16(4)13(17)9-10-14(2,3)15/h5-8H,9-10,15H2,1-4H3. The summed E-state index contributed by atoms with van der Waals surface area (Å²) in [5.41, 5.74) is 7.70. The first-order valence-electron chi connectivity index (χ1n) is 5.92. The summed E-state index contributed by atoms with van der Waals surface area (Å²) in [5.74, 6) is 0.104. The highest BCUT2D eigenvalue weighted by molar-refractivity contribution is 5.92. The van der Waals surface area contributed by atoms with Crippen LogP contribution in [0.2, 0.25) is 0 Å². The fourth-order valence-electron chi connectivity index (χ4n) is 1.51.